The maximum absolute atomic E-state index is 10.5. The van der Waals surface area contributed by atoms with E-state index in [-0.39, 0.29) is 5.91 Å². The van der Waals surface area contributed by atoms with Crippen LogP contribution in [0.4, 0.5) is 0 Å². The molecular formula is C10H11NO2. The summed E-state index contributed by atoms with van der Waals surface area (Å²) in [6.45, 7) is 2.09. The van der Waals surface area contributed by atoms with Crippen molar-refractivity contribution in [1.82, 2.24) is 5.32 Å². The van der Waals surface area contributed by atoms with Crippen LogP contribution < -0.4 is 5.32 Å². The van der Waals surface area contributed by atoms with Crippen molar-refractivity contribution in [3.8, 4) is 11.8 Å². The third-order valence-corrected chi connectivity index (χ3v) is 1.38. The van der Waals surface area contributed by atoms with Crippen molar-refractivity contribution in [2.45, 2.75) is 13.3 Å². The van der Waals surface area contributed by atoms with Gasteiger partial charge in [-0.1, -0.05) is 11.8 Å². The summed E-state index contributed by atoms with van der Waals surface area (Å²) in [6, 6.07) is 1.80. The summed E-state index contributed by atoms with van der Waals surface area (Å²) in [4.78, 5) is 10.5. The fraction of sp³-hybridized carbons (Fsp3) is 0.300. The molecule has 68 valence electrons. The van der Waals surface area contributed by atoms with Gasteiger partial charge in [-0.05, 0) is 6.07 Å². The highest BCUT2D eigenvalue weighted by Gasteiger charge is 1.87. The molecule has 1 rings (SSSR count). The Morgan fingerprint density at radius 1 is 1.69 bits per heavy atom. The van der Waals surface area contributed by atoms with Gasteiger partial charge in [0.2, 0.25) is 5.91 Å². The molecular weight excluding hydrogens is 166 g/mol. The minimum Gasteiger partial charge on any atom is -0.471 e. The quantitative estimate of drug-likeness (QED) is 0.544. The number of rotatable bonds is 2. The van der Waals surface area contributed by atoms with E-state index in [0.717, 1.165) is 5.56 Å². The predicted molar refractivity (Wildman–Crippen MR) is 48.9 cm³/mol. The highest BCUT2D eigenvalue weighted by Crippen LogP contribution is 1.95. The lowest BCUT2D eigenvalue weighted by atomic mass is 10.3. The van der Waals surface area contributed by atoms with Crippen molar-refractivity contribution < 1.29 is 9.21 Å². The number of carbonyl (C=O) groups is 1. The zero-order valence-corrected chi connectivity index (χ0v) is 7.46. The molecule has 0 aliphatic rings. The Bertz CT molecular complexity index is 316. The van der Waals surface area contributed by atoms with Gasteiger partial charge in [0.15, 0.2) is 0 Å². The standard InChI is InChI=1S/C10H11NO2/c1-9(12)11-6-3-2-4-10-5-7-13-8-10/h5,7-8H,3,6H2,1H3,(H,11,12). The third kappa shape index (κ3) is 4.02. The monoisotopic (exact) mass is 177 g/mol. The summed E-state index contributed by atoms with van der Waals surface area (Å²) in [5.41, 5.74) is 0.864. The Balaban J connectivity index is 2.22. The third-order valence-electron chi connectivity index (χ3n) is 1.38. The topological polar surface area (TPSA) is 42.2 Å². The zero-order valence-electron chi connectivity index (χ0n) is 7.46. The maximum atomic E-state index is 10.5. The Labute approximate surface area is 77.1 Å². The van der Waals surface area contributed by atoms with Crippen LogP contribution >= 0.6 is 0 Å². The van der Waals surface area contributed by atoms with Gasteiger partial charge in [-0.2, -0.15) is 0 Å². The average Bonchev–Trinajstić information content (AvgIpc) is 2.55. The van der Waals surface area contributed by atoms with Crippen LogP contribution in [0.5, 0.6) is 0 Å². The van der Waals surface area contributed by atoms with E-state index in [2.05, 4.69) is 17.2 Å². The summed E-state index contributed by atoms with van der Waals surface area (Å²) in [7, 11) is 0. The Morgan fingerprint density at radius 3 is 3.15 bits per heavy atom. The molecule has 3 nitrogen and oxygen atoms in total. The fourth-order valence-electron chi connectivity index (χ4n) is 0.801. The highest BCUT2D eigenvalue weighted by molar-refractivity contribution is 5.72. The van der Waals surface area contributed by atoms with Crippen LogP contribution in [-0.4, -0.2) is 12.5 Å². The summed E-state index contributed by atoms with van der Waals surface area (Å²) in [5.74, 6) is 5.80. The molecule has 1 heterocycles. The van der Waals surface area contributed by atoms with Crippen LogP contribution in [0.15, 0.2) is 23.0 Å². The Hall–Kier alpha value is -1.69. The van der Waals surface area contributed by atoms with Gasteiger partial charge < -0.3 is 9.73 Å². The second-order valence-electron chi connectivity index (χ2n) is 2.55. The van der Waals surface area contributed by atoms with Gasteiger partial charge in [0.25, 0.3) is 0 Å². The summed E-state index contributed by atoms with van der Waals surface area (Å²) in [5, 5.41) is 2.66. The van der Waals surface area contributed by atoms with Crippen molar-refractivity contribution >= 4 is 5.91 Å². The van der Waals surface area contributed by atoms with Crippen molar-refractivity contribution in [2.24, 2.45) is 0 Å². The second kappa shape index (κ2) is 5.04. The normalized spacial score (nSPS) is 8.69. The maximum Gasteiger partial charge on any atom is 0.216 e. The van der Waals surface area contributed by atoms with Gasteiger partial charge in [-0.25, -0.2) is 0 Å². The largest absolute Gasteiger partial charge is 0.471 e. The number of carbonyl (C=O) groups excluding carboxylic acids is 1. The van der Waals surface area contributed by atoms with Crippen molar-refractivity contribution in [2.75, 3.05) is 6.54 Å². The molecule has 1 aromatic rings. The van der Waals surface area contributed by atoms with Gasteiger partial charge in [0.1, 0.15) is 6.26 Å². The van der Waals surface area contributed by atoms with E-state index in [0.29, 0.717) is 13.0 Å². The lowest BCUT2D eigenvalue weighted by Crippen LogP contribution is -2.20. The molecule has 0 aliphatic heterocycles. The first-order valence-corrected chi connectivity index (χ1v) is 4.04. The average molecular weight is 177 g/mol. The number of furan rings is 1. The van der Waals surface area contributed by atoms with E-state index in [4.69, 9.17) is 4.42 Å². The second-order valence-corrected chi connectivity index (χ2v) is 2.55. The number of hydrogen-bond donors (Lipinski definition) is 1. The minimum absolute atomic E-state index is 0.0230. The molecule has 0 saturated heterocycles. The molecule has 0 aliphatic carbocycles. The van der Waals surface area contributed by atoms with Gasteiger partial charge in [-0.3, -0.25) is 4.79 Å². The highest BCUT2D eigenvalue weighted by atomic mass is 16.3. The predicted octanol–water partition coefficient (Wildman–Crippen LogP) is 1.16. The lowest BCUT2D eigenvalue weighted by molar-refractivity contribution is -0.118. The zero-order chi connectivity index (χ0) is 9.52. The van der Waals surface area contributed by atoms with Crippen LogP contribution in [-0.2, 0) is 4.79 Å². The molecule has 13 heavy (non-hydrogen) atoms. The molecule has 0 atom stereocenters. The van der Waals surface area contributed by atoms with Gasteiger partial charge in [0.05, 0.1) is 11.8 Å². The van der Waals surface area contributed by atoms with E-state index in [9.17, 15) is 4.79 Å². The molecule has 1 aromatic heterocycles. The van der Waals surface area contributed by atoms with E-state index in [1.165, 1.54) is 6.92 Å². The molecule has 0 saturated carbocycles. The molecule has 0 unspecified atom stereocenters. The smallest absolute Gasteiger partial charge is 0.216 e. The number of hydrogen-bond acceptors (Lipinski definition) is 2. The molecule has 0 bridgehead atoms. The molecule has 0 spiro atoms. The van der Waals surface area contributed by atoms with E-state index in [1.807, 2.05) is 0 Å². The van der Waals surface area contributed by atoms with E-state index in [1.54, 1.807) is 18.6 Å². The summed E-state index contributed by atoms with van der Waals surface area (Å²) >= 11 is 0. The SMILES string of the molecule is CC(=O)NCCC#Cc1ccoc1. The van der Waals surface area contributed by atoms with Crippen LogP contribution in [0, 0.1) is 11.8 Å². The van der Waals surface area contributed by atoms with E-state index >= 15 is 0 Å². The van der Waals surface area contributed by atoms with Crippen molar-refractivity contribution in [1.29, 1.82) is 0 Å². The molecule has 0 aromatic carbocycles. The first-order chi connectivity index (χ1) is 6.29. The summed E-state index contributed by atoms with van der Waals surface area (Å²) < 4.78 is 4.84. The molecule has 0 radical (unpaired) electrons. The van der Waals surface area contributed by atoms with Gasteiger partial charge in [-0.15, -0.1) is 0 Å². The molecule has 0 fully saturated rings. The lowest BCUT2D eigenvalue weighted by Gasteiger charge is -1.94. The molecule has 1 N–H and O–H groups in total. The van der Waals surface area contributed by atoms with Gasteiger partial charge >= 0.3 is 0 Å². The molecule has 1 amide bonds. The first kappa shape index (κ1) is 9.40. The van der Waals surface area contributed by atoms with Gasteiger partial charge in [0, 0.05) is 19.9 Å². The molecule has 3 heteroatoms. The van der Waals surface area contributed by atoms with Crippen LogP contribution in [0.2, 0.25) is 0 Å². The van der Waals surface area contributed by atoms with Crippen LogP contribution in [0.25, 0.3) is 0 Å². The Kier molecular flexibility index (Phi) is 3.65. The van der Waals surface area contributed by atoms with Crippen molar-refractivity contribution in [3.05, 3.63) is 24.2 Å². The Morgan fingerprint density at radius 2 is 2.54 bits per heavy atom. The first-order valence-electron chi connectivity index (χ1n) is 4.04. The van der Waals surface area contributed by atoms with Crippen LogP contribution in [0.3, 0.4) is 0 Å². The number of nitrogens with one attached hydrogen (secondary N) is 1. The van der Waals surface area contributed by atoms with E-state index < -0.39 is 0 Å². The minimum atomic E-state index is -0.0230. The summed E-state index contributed by atoms with van der Waals surface area (Å²) in [6.07, 6.45) is 3.83. The fourth-order valence-corrected chi connectivity index (χ4v) is 0.801. The van der Waals surface area contributed by atoms with Crippen LogP contribution in [0.1, 0.15) is 18.9 Å². The number of amides is 1. The van der Waals surface area contributed by atoms with Crippen molar-refractivity contribution in [3.63, 3.8) is 0 Å².